The first-order valence-corrected chi connectivity index (χ1v) is 9.33. The van der Waals surface area contributed by atoms with Gasteiger partial charge in [-0.2, -0.15) is 0 Å². The number of nitrogens with one attached hydrogen (secondary N) is 1. The van der Waals surface area contributed by atoms with Gasteiger partial charge in [-0.3, -0.25) is 9.59 Å². The first-order chi connectivity index (χ1) is 13.4. The lowest BCUT2D eigenvalue weighted by Gasteiger charge is -2.15. The molecule has 6 nitrogen and oxygen atoms in total. The summed E-state index contributed by atoms with van der Waals surface area (Å²) in [7, 11) is 0. The number of rotatable bonds is 7. The molecule has 1 amide bonds. The predicted molar refractivity (Wildman–Crippen MR) is 97.2 cm³/mol. The molecule has 1 heterocycles. The maximum Gasteiger partial charge on any atom is 0.316 e. The van der Waals surface area contributed by atoms with Crippen molar-refractivity contribution >= 4 is 23.6 Å². The van der Waals surface area contributed by atoms with Crippen molar-refractivity contribution < 1.29 is 32.6 Å². The molecular weight excluding hydrogens is 392 g/mol. The third kappa shape index (κ3) is 5.13. The van der Waals surface area contributed by atoms with Crippen molar-refractivity contribution in [3.05, 3.63) is 53.6 Å². The zero-order chi connectivity index (χ0) is 20.1. The van der Waals surface area contributed by atoms with Gasteiger partial charge in [0, 0.05) is 4.90 Å². The number of hydrogen-bond donors (Lipinski definition) is 1. The molecule has 0 spiro atoms. The van der Waals surface area contributed by atoms with Crippen LogP contribution in [-0.4, -0.2) is 31.0 Å². The van der Waals surface area contributed by atoms with Crippen molar-refractivity contribution in [2.75, 3.05) is 19.2 Å². The Morgan fingerprint density at radius 2 is 1.96 bits per heavy atom. The molecule has 0 saturated heterocycles. The van der Waals surface area contributed by atoms with Gasteiger partial charge in [0.1, 0.15) is 11.6 Å². The van der Waals surface area contributed by atoms with Gasteiger partial charge in [-0.1, -0.05) is 6.07 Å². The molecule has 148 valence electrons. The number of halogens is 2. The molecule has 1 atom stereocenters. The fraction of sp³-hybridized carbons (Fsp3) is 0.263. The van der Waals surface area contributed by atoms with E-state index in [9.17, 15) is 18.4 Å². The van der Waals surface area contributed by atoms with E-state index in [1.807, 2.05) is 0 Å². The van der Waals surface area contributed by atoms with Crippen LogP contribution in [0.4, 0.5) is 8.78 Å². The topological polar surface area (TPSA) is 73.9 Å². The Balaban J connectivity index is 1.43. The van der Waals surface area contributed by atoms with E-state index in [1.165, 1.54) is 0 Å². The standard InChI is InChI=1S/C19H17F2NO5S/c1-11(12-2-5-15-16(6-12)27-10-26-15)22-18(23)8-25-19(24)9-28-17-7-13(20)3-4-14(17)21/h2-7,11H,8-10H2,1H3,(H,22,23)/t11-/m1/s1. The maximum absolute atomic E-state index is 13.5. The summed E-state index contributed by atoms with van der Waals surface area (Å²) in [5.74, 6) is -1.43. The molecule has 2 aromatic rings. The van der Waals surface area contributed by atoms with Gasteiger partial charge < -0.3 is 19.5 Å². The van der Waals surface area contributed by atoms with Crippen molar-refractivity contribution in [3.63, 3.8) is 0 Å². The van der Waals surface area contributed by atoms with Gasteiger partial charge in [0.15, 0.2) is 18.1 Å². The number of fused-ring (bicyclic) bond motifs is 1. The summed E-state index contributed by atoms with van der Waals surface area (Å²) in [6.45, 7) is 1.47. The van der Waals surface area contributed by atoms with Gasteiger partial charge >= 0.3 is 5.97 Å². The lowest BCUT2D eigenvalue weighted by atomic mass is 10.1. The SMILES string of the molecule is C[C@@H](NC(=O)COC(=O)CSc1cc(F)ccc1F)c1ccc2c(c1)OCO2. The van der Waals surface area contributed by atoms with Crippen LogP contribution in [0.5, 0.6) is 11.5 Å². The first kappa shape index (κ1) is 19.9. The Bertz CT molecular complexity index is 893. The Morgan fingerprint density at radius 3 is 2.79 bits per heavy atom. The highest BCUT2D eigenvalue weighted by Crippen LogP contribution is 2.34. The lowest BCUT2D eigenvalue weighted by Crippen LogP contribution is -2.31. The van der Waals surface area contributed by atoms with Crippen molar-refractivity contribution in [1.82, 2.24) is 5.32 Å². The highest BCUT2D eigenvalue weighted by atomic mass is 32.2. The minimum absolute atomic E-state index is 0.00201. The molecule has 2 aromatic carbocycles. The smallest absolute Gasteiger partial charge is 0.316 e. The number of amides is 1. The first-order valence-electron chi connectivity index (χ1n) is 8.35. The molecule has 1 N–H and O–H groups in total. The van der Waals surface area contributed by atoms with Crippen molar-refractivity contribution in [2.24, 2.45) is 0 Å². The van der Waals surface area contributed by atoms with E-state index in [2.05, 4.69) is 5.32 Å². The normalized spacial score (nSPS) is 13.1. The fourth-order valence-electron chi connectivity index (χ4n) is 2.46. The summed E-state index contributed by atoms with van der Waals surface area (Å²) in [5, 5.41) is 2.70. The fourth-order valence-corrected chi connectivity index (χ4v) is 3.22. The van der Waals surface area contributed by atoms with Crippen LogP contribution in [0.2, 0.25) is 0 Å². The predicted octanol–water partition coefficient (Wildman–Crippen LogP) is 3.21. The van der Waals surface area contributed by atoms with Crippen molar-refractivity contribution in [3.8, 4) is 11.5 Å². The van der Waals surface area contributed by atoms with Gasteiger partial charge in [0.2, 0.25) is 6.79 Å². The maximum atomic E-state index is 13.5. The molecular formula is C19H17F2NO5S. The quantitative estimate of drug-likeness (QED) is 0.559. The van der Waals surface area contributed by atoms with E-state index in [1.54, 1.807) is 25.1 Å². The minimum atomic E-state index is -0.709. The van der Waals surface area contributed by atoms with Crippen LogP contribution in [0.1, 0.15) is 18.5 Å². The number of hydrogen-bond acceptors (Lipinski definition) is 6. The van der Waals surface area contributed by atoms with E-state index >= 15 is 0 Å². The summed E-state index contributed by atoms with van der Waals surface area (Å²) in [6.07, 6.45) is 0. The lowest BCUT2D eigenvalue weighted by molar-refractivity contribution is -0.146. The second-order valence-corrected chi connectivity index (χ2v) is 6.94. The summed E-state index contributed by atoms with van der Waals surface area (Å²) in [4.78, 5) is 23.7. The number of ether oxygens (including phenoxy) is 3. The van der Waals surface area contributed by atoms with Gasteiger partial charge in [0.25, 0.3) is 5.91 Å². The summed E-state index contributed by atoms with van der Waals surface area (Å²) >= 11 is 0.796. The van der Waals surface area contributed by atoms with Crippen LogP contribution in [0, 0.1) is 11.6 Å². The van der Waals surface area contributed by atoms with Gasteiger partial charge in [-0.15, -0.1) is 11.8 Å². The average molecular weight is 409 g/mol. The number of carbonyl (C=O) groups excluding carboxylic acids is 2. The van der Waals surface area contributed by atoms with Crippen LogP contribution in [-0.2, 0) is 14.3 Å². The molecule has 0 saturated carbocycles. The number of benzene rings is 2. The third-order valence-corrected chi connectivity index (χ3v) is 4.88. The van der Waals surface area contributed by atoms with Gasteiger partial charge in [0.05, 0.1) is 11.8 Å². The Hall–Kier alpha value is -2.81. The number of carbonyl (C=O) groups is 2. The van der Waals surface area contributed by atoms with E-state index in [0.717, 1.165) is 35.5 Å². The third-order valence-electron chi connectivity index (χ3n) is 3.88. The average Bonchev–Trinajstić information content (AvgIpc) is 3.14. The molecule has 0 fully saturated rings. The molecule has 1 aliphatic rings. The largest absolute Gasteiger partial charge is 0.455 e. The highest BCUT2D eigenvalue weighted by molar-refractivity contribution is 8.00. The number of thioether (sulfide) groups is 1. The van der Waals surface area contributed by atoms with E-state index < -0.39 is 30.1 Å². The molecule has 0 unspecified atom stereocenters. The monoisotopic (exact) mass is 409 g/mol. The van der Waals surface area contributed by atoms with E-state index in [-0.39, 0.29) is 23.5 Å². The van der Waals surface area contributed by atoms with Crippen LogP contribution in [0.3, 0.4) is 0 Å². The van der Waals surface area contributed by atoms with Crippen molar-refractivity contribution in [1.29, 1.82) is 0 Å². The zero-order valence-corrected chi connectivity index (χ0v) is 15.7. The van der Waals surface area contributed by atoms with Crippen molar-refractivity contribution in [2.45, 2.75) is 17.9 Å². The molecule has 0 bridgehead atoms. The second-order valence-electron chi connectivity index (χ2n) is 5.93. The zero-order valence-electron chi connectivity index (χ0n) is 14.9. The molecule has 3 rings (SSSR count). The highest BCUT2D eigenvalue weighted by Gasteiger charge is 2.17. The Kier molecular flexibility index (Phi) is 6.35. The Morgan fingerprint density at radius 1 is 1.18 bits per heavy atom. The Labute approximate surface area is 164 Å². The number of esters is 1. The molecule has 0 radical (unpaired) electrons. The van der Waals surface area contributed by atoms with Crippen LogP contribution < -0.4 is 14.8 Å². The molecule has 0 aromatic heterocycles. The molecule has 1 aliphatic heterocycles. The summed E-state index contributed by atoms with van der Waals surface area (Å²) < 4.78 is 42.0. The second kappa shape index (κ2) is 8.92. The molecule has 0 aliphatic carbocycles. The molecule has 28 heavy (non-hydrogen) atoms. The van der Waals surface area contributed by atoms with Crippen LogP contribution in [0.25, 0.3) is 0 Å². The van der Waals surface area contributed by atoms with E-state index in [4.69, 9.17) is 14.2 Å². The van der Waals surface area contributed by atoms with E-state index in [0.29, 0.717) is 11.5 Å². The minimum Gasteiger partial charge on any atom is -0.455 e. The molecule has 9 heteroatoms. The van der Waals surface area contributed by atoms with Crippen LogP contribution in [0.15, 0.2) is 41.3 Å². The van der Waals surface area contributed by atoms with Gasteiger partial charge in [-0.25, -0.2) is 8.78 Å². The van der Waals surface area contributed by atoms with Crippen LogP contribution >= 0.6 is 11.8 Å². The summed E-state index contributed by atoms with van der Waals surface area (Å²) in [6, 6.07) is 7.95. The van der Waals surface area contributed by atoms with Gasteiger partial charge in [-0.05, 0) is 42.8 Å². The summed E-state index contributed by atoms with van der Waals surface area (Å²) in [5.41, 5.74) is 0.807.